The van der Waals surface area contributed by atoms with Gasteiger partial charge in [-0.3, -0.25) is 9.59 Å². The van der Waals surface area contributed by atoms with Crippen LogP contribution in [-0.2, 0) is 16.0 Å². The largest absolute Gasteiger partial charge is 0.396 e. The number of aromatic nitrogens is 1. The third-order valence-electron chi connectivity index (χ3n) is 8.29. The van der Waals surface area contributed by atoms with Crippen LogP contribution in [0.2, 0.25) is 0 Å². The van der Waals surface area contributed by atoms with E-state index in [1.807, 2.05) is 6.92 Å². The van der Waals surface area contributed by atoms with Crippen molar-refractivity contribution in [2.45, 2.75) is 90.2 Å². The molecule has 4 rings (SSSR count). The van der Waals surface area contributed by atoms with Crippen LogP contribution in [0.3, 0.4) is 0 Å². The number of aliphatic hydroxyl groups excluding tert-OH is 2. The van der Waals surface area contributed by atoms with E-state index in [1.54, 1.807) is 0 Å². The molecule has 8 heteroatoms. The smallest absolute Gasteiger partial charge is 0.223 e. The van der Waals surface area contributed by atoms with E-state index in [9.17, 15) is 19.8 Å². The highest BCUT2D eigenvalue weighted by Gasteiger charge is 2.59. The molecule has 0 radical (unpaired) electrons. The summed E-state index contributed by atoms with van der Waals surface area (Å²) in [5, 5.41) is 27.7. The molecule has 1 aromatic rings. The number of carbonyl (C=O) groups is 2. The predicted octanol–water partition coefficient (Wildman–Crippen LogP) is 2.97. The summed E-state index contributed by atoms with van der Waals surface area (Å²) in [5.74, 6) is -0.201. The van der Waals surface area contributed by atoms with Crippen LogP contribution in [0.25, 0.3) is 0 Å². The molecule has 5 atom stereocenters. The van der Waals surface area contributed by atoms with Gasteiger partial charge in [-0.05, 0) is 43.4 Å². The molecule has 172 valence electrons. The van der Waals surface area contributed by atoms with Gasteiger partial charge in [0.05, 0.1) is 18.4 Å². The summed E-state index contributed by atoms with van der Waals surface area (Å²) in [4.78, 5) is 30.5. The van der Waals surface area contributed by atoms with Crippen molar-refractivity contribution < 1.29 is 19.8 Å². The summed E-state index contributed by atoms with van der Waals surface area (Å²) < 4.78 is 0. The Balaban J connectivity index is 1.70. The normalized spacial score (nSPS) is 35.3. The monoisotopic (exact) mass is 449 g/mol. The van der Waals surface area contributed by atoms with E-state index in [-0.39, 0.29) is 41.7 Å². The summed E-state index contributed by atoms with van der Waals surface area (Å²) in [7, 11) is 0. The number of carbonyl (C=O) groups excluding carboxylic acids is 2. The second-order valence-corrected chi connectivity index (χ2v) is 11.4. The molecule has 4 N–H and O–H groups in total. The first-order valence-corrected chi connectivity index (χ1v) is 12.3. The molecule has 2 saturated carbocycles. The number of amides is 2. The fraction of sp³-hybridized carbons (Fsp3) is 0.783. The maximum Gasteiger partial charge on any atom is 0.223 e. The lowest BCUT2D eigenvalue weighted by atomic mass is 9.47. The van der Waals surface area contributed by atoms with Crippen LogP contribution in [0.4, 0.5) is 5.13 Å². The van der Waals surface area contributed by atoms with Gasteiger partial charge in [-0.1, -0.05) is 26.7 Å². The summed E-state index contributed by atoms with van der Waals surface area (Å²) in [5.41, 5.74) is 0.00663. The molecule has 1 heterocycles. The van der Waals surface area contributed by atoms with E-state index in [1.165, 1.54) is 18.3 Å². The van der Waals surface area contributed by atoms with Crippen molar-refractivity contribution in [3.05, 3.63) is 10.6 Å². The molecule has 3 aliphatic carbocycles. The van der Waals surface area contributed by atoms with Gasteiger partial charge in [-0.15, -0.1) is 11.3 Å². The Morgan fingerprint density at radius 1 is 1.23 bits per heavy atom. The van der Waals surface area contributed by atoms with Crippen molar-refractivity contribution in [2.24, 2.45) is 16.7 Å². The van der Waals surface area contributed by atoms with Crippen molar-refractivity contribution in [2.75, 3.05) is 11.9 Å². The number of hydrogen-bond donors (Lipinski definition) is 4. The van der Waals surface area contributed by atoms with Crippen LogP contribution in [0.15, 0.2) is 0 Å². The molecule has 0 spiro atoms. The molecule has 3 aliphatic rings. The Morgan fingerprint density at radius 3 is 2.58 bits per heavy atom. The minimum Gasteiger partial charge on any atom is -0.396 e. The Kier molecular flexibility index (Phi) is 6.18. The van der Waals surface area contributed by atoms with Gasteiger partial charge in [-0.2, -0.15) is 0 Å². The number of aliphatic hydroxyl groups is 2. The molecule has 1 aromatic heterocycles. The van der Waals surface area contributed by atoms with Crippen LogP contribution in [0, 0.1) is 16.7 Å². The Bertz CT molecular complexity index is 852. The van der Waals surface area contributed by atoms with Gasteiger partial charge >= 0.3 is 0 Å². The lowest BCUT2D eigenvalue weighted by Crippen LogP contribution is -2.57. The number of thiazole rings is 1. The van der Waals surface area contributed by atoms with Crippen molar-refractivity contribution in [1.82, 2.24) is 10.3 Å². The molecular formula is C23H35N3O4S. The highest BCUT2D eigenvalue weighted by Crippen LogP contribution is 2.62. The minimum atomic E-state index is -0.636. The fourth-order valence-corrected chi connectivity index (χ4v) is 7.51. The third kappa shape index (κ3) is 4.02. The first kappa shape index (κ1) is 22.7. The molecule has 0 aliphatic heterocycles. The molecule has 7 nitrogen and oxygen atoms in total. The van der Waals surface area contributed by atoms with Gasteiger partial charge in [0.2, 0.25) is 11.8 Å². The van der Waals surface area contributed by atoms with Crippen molar-refractivity contribution in [3.8, 4) is 0 Å². The topological polar surface area (TPSA) is 112 Å². The summed E-state index contributed by atoms with van der Waals surface area (Å²) in [6.45, 7) is 5.54. The van der Waals surface area contributed by atoms with Crippen LogP contribution in [0.5, 0.6) is 0 Å². The highest BCUT2D eigenvalue weighted by molar-refractivity contribution is 7.15. The van der Waals surface area contributed by atoms with Gasteiger partial charge in [0.15, 0.2) is 5.13 Å². The summed E-state index contributed by atoms with van der Waals surface area (Å²) >= 11 is 1.46. The molecular weight excluding hydrogens is 414 g/mol. The Hall–Kier alpha value is -1.51. The lowest BCUT2D eigenvalue weighted by Gasteiger charge is -2.58. The van der Waals surface area contributed by atoms with Crippen LogP contribution < -0.4 is 10.6 Å². The molecule has 0 aromatic carbocycles. The molecule has 2 fully saturated rings. The first-order chi connectivity index (χ1) is 14.7. The second kappa shape index (κ2) is 8.45. The number of nitrogens with zero attached hydrogens (tertiary/aromatic N) is 1. The number of rotatable bonds is 5. The van der Waals surface area contributed by atoms with Gasteiger partial charge in [0, 0.05) is 35.6 Å². The summed E-state index contributed by atoms with van der Waals surface area (Å²) in [6, 6.07) is 0.264. The van der Waals surface area contributed by atoms with Gasteiger partial charge in [-0.25, -0.2) is 4.98 Å². The third-order valence-corrected chi connectivity index (χ3v) is 9.30. The zero-order chi connectivity index (χ0) is 22.4. The van der Waals surface area contributed by atoms with E-state index in [0.29, 0.717) is 24.4 Å². The van der Waals surface area contributed by atoms with Crippen LogP contribution >= 0.6 is 11.3 Å². The fourth-order valence-electron chi connectivity index (χ4n) is 6.39. The average molecular weight is 450 g/mol. The van der Waals surface area contributed by atoms with Gasteiger partial charge < -0.3 is 20.8 Å². The van der Waals surface area contributed by atoms with Crippen molar-refractivity contribution in [3.63, 3.8) is 0 Å². The minimum absolute atomic E-state index is 0.0242. The first-order valence-electron chi connectivity index (χ1n) is 11.5. The lowest BCUT2D eigenvalue weighted by molar-refractivity contribution is -0.144. The quantitative estimate of drug-likeness (QED) is 0.552. The maximum absolute atomic E-state index is 13.1. The standard InChI is InChI=1S/C23H35N3O4S/c1-13(28)24-21-26-20-15(10-19(30)25-14-6-4-5-7-14)22(2)9-8-18(29)23(3,12-27)17(22)11-16(20)31-21/h14-15,17-18,27,29H,4-12H2,1-3H3,(H,25,30)(H,24,26,28)/t15-,17+,18-,22+,23+/m1/s1. The van der Waals surface area contributed by atoms with Gasteiger partial charge in [0.25, 0.3) is 0 Å². The van der Waals surface area contributed by atoms with Crippen molar-refractivity contribution in [1.29, 1.82) is 0 Å². The average Bonchev–Trinajstić information content (AvgIpc) is 3.35. The Labute approximate surface area is 188 Å². The molecule has 0 saturated heterocycles. The van der Waals surface area contributed by atoms with Crippen LogP contribution in [0.1, 0.15) is 82.2 Å². The maximum atomic E-state index is 13.1. The predicted molar refractivity (Wildman–Crippen MR) is 120 cm³/mol. The molecule has 0 bridgehead atoms. The molecule has 0 unspecified atom stereocenters. The van der Waals surface area contributed by atoms with E-state index in [2.05, 4.69) is 17.6 Å². The van der Waals surface area contributed by atoms with E-state index < -0.39 is 11.5 Å². The number of anilines is 1. The van der Waals surface area contributed by atoms with Crippen LogP contribution in [-0.4, -0.2) is 45.8 Å². The molecule has 2 amide bonds. The van der Waals surface area contributed by atoms with E-state index in [4.69, 9.17) is 4.98 Å². The van der Waals surface area contributed by atoms with Crippen molar-refractivity contribution >= 4 is 28.3 Å². The zero-order valence-electron chi connectivity index (χ0n) is 18.7. The van der Waals surface area contributed by atoms with E-state index in [0.717, 1.165) is 42.7 Å². The number of fused-ring (bicyclic) bond motifs is 2. The second-order valence-electron chi connectivity index (χ2n) is 10.3. The number of nitrogens with one attached hydrogen (secondary N) is 2. The highest BCUT2D eigenvalue weighted by atomic mass is 32.1. The molecule has 31 heavy (non-hydrogen) atoms. The zero-order valence-corrected chi connectivity index (χ0v) is 19.6. The van der Waals surface area contributed by atoms with Gasteiger partial charge in [0.1, 0.15) is 0 Å². The summed E-state index contributed by atoms with van der Waals surface area (Å²) in [6.07, 6.45) is 6.25. The Morgan fingerprint density at radius 2 is 1.94 bits per heavy atom. The SMILES string of the molecule is CC(=O)Nc1nc2c(s1)C[C@@H]1[C@](C)(CO)[C@H](O)CC[C@@]1(C)[C@@H]2CC(=O)NC1CCCC1. The van der Waals surface area contributed by atoms with E-state index >= 15 is 0 Å². The number of hydrogen-bond acceptors (Lipinski definition) is 6.